The Balaban J connectivity index is 2.76. The van der Waals surface area contributed by atoms with Crippen molar-refractivity contribution in [2.75, 3.05) is 13.2 Å². The first kappa shape index (κ1) is 17.3. The Kier molecular flexibility index (Phi) is 6.29. The smallest absolute Gasteiger partial charge is 0.265 e. The lowest BCUT2D eigenvalue weighted by Gasteiger charge is -2.11. The van der Waals surface area contributed by atoms with E-state index in [0.29, 0.717) is 16.9 Å². The summed E-state index contributed by atoms with van der Waals surface area (Å²) in [5.41, 5.74) is 0. The molecule has 8 heteroatoms. The lowest BCUT2D eigenvalue weighted by Crippen LogP contribution is -2.31. The minimum absolute atomic E-state index is 0.0443. The van der Waals surface area contributed by atoms with Gasteiger partial charge in [-0.3, -0.25) is 4.79 Å². The first-order chi connectivity index (χ1) is 9.20. The number of ether oxygens (including phenoxy) is 1. The molecule has 1 rings (SSSR count). The van der Waals surface area contributed by atoms with E-state index in [2.05, 4.69) is 21.2 Å². The number of halogens is 2. The first-order valence-electron chi connectivity index (χ1n) is 5.84. The van der Waals surface area contributed by atoms with E-state index in [1.165, 1.54) is 12.1 Å². The van der Waals surface area contributed by atoms with Crippen LogP contribution >= 0.6 is 26.6 Å². The van der Waals surface area contributed by atoms with Crippen LogP contribution < -0.4 is 10.1 Å². The molecule has 0 spiro atoms. The predicted octanol–water partition coefficient (Wildman–Crippen LogP) is 2.53. The largest absolute Gasteiger partial charge is 0.482 e. The molecular weight excluding hydrogens is 370 g/mol. The maximum absolute atomic E-state index is 11.5. The highest BCUT2D eigenvalue weighted by atomic mass is 79.9. The second-order valence-corrected chi connectivity index (χ2v) is 7.97. The quantitative estimate of drug-likeness (QED) is 0.765. The molecule has 0 fully saturated rings. The summed E-state index contributed by atoms with van der Waals surface area (Å²) >= 11 is 3.15. The van der Waals surface area contributed by atoms with Gasteiger partial charge in [-0.25, -0.2) is 8.42 Å². The molecule has 0 saturated heterocycles. The van der Waals surface area contributed by atoms with E-state index in [4.69, 9.17) is 15.4 Å². The highest BCUT2D eigenvalue weighted by Gasteiger charge is 2.18. The van der Waals surface area contributed by atoms with Gasteiger partial charge < -0.3 is 10.1 Å². The van der Waals surface area contributed by atoms with Gasteiger partial charge in [-0.05, 0) is 24.1 Å². The minimum Gasteiger partial charge on any atom is -0.482 e. The molecule has 0 atom stereocenters. The van der Waals surface area contributed by atoms with Gasteiger partial charge in [0.1, 0.15) is 10.6 Å². The molecular formula is C12H15BrClNO4S. The lowest BCUT2D eigenvalue weighted by molar-refractivity contribution is -0.123. The van der Waals surface area contributed by atoms with E-state index >= 15 is 0 Å². The van der Waals surface area contributed by atoms with Gasteiger partial charge in [0, 0.05) is 21.7 Å². The summed E-state index contributed by atoms with van der Waals surface area (Å²) in [6.07, 6.45) is 0. The molecule has 0 aliphatic carbocycles. The van der Waals surface area contributed by atoms with E-state index in [-0.39, 0.29) is 23.2 Å². The molecule has 5 nitrogen and oxygen atoms in total. The molecule has 0 aliphatic heterocycles. The van der Waals surface area contributed by atoms with Gasteiger partial charge in [-0.1, -0.05) is 29.8 Å². The third kappa shape index (κ3) is 5.68. The third-order valence-electron chi connectivity index (χ3n) is 2.23. The monoisotopic (exact) mass is 383 g/mol. The molecule has 0 bridgehead atoms. The van der Waals surface area contributed by atoms with E-state index in [1.54, 1.807) is 6.07 Å². The van der Waals surface area contributed by atoms with Crippen molar-refractivity contribution in [2.45, 2.75) is 18.7 Å². The van der Waals surface area contributed by atoms with Crippen molar-refractivity contribution in [3.05, 3.63) is 22.7 Å². The summed E-state index contributed by atoms with van der Waals surface area (Å²) in [5, 5.41) is 2.67. The summed E-state index contributed by atoms with van der Waals surface area (Å²) < 4.78 is 28.6. The molecule has 1 N–H and O–H groups in total. The lowest BCUT2D eigenvalue weighted by atomic mass is 10.2. The number of carbonyl (C=O) groups excluding carboxylic acids is 1. The Bertz CT molecular complexity index is 589. The SMILES string of the molecule is CC(C)CNC(=O)COc1ccc(Br)cc1S(=O)(=O)Cl. The third-order valence-corrected chi connectivity index (χ3v) is 4.07. The van der Waals surface area contributed by atoms with E-state index in [9.17, 15) is 13.2 Å². The second kappa shape index (κ2) is 7.28. The van der Waals surface area contributed by atoms with Crippen molar-refractivity contribution >= 4 is 41.6 Å². The molecule has 20 heavy (non-hydrogen) atoms. The van der Waals surface area contributed by atoms with Crippen molar-refractivity contribution in [3.63, 3.8) is 0 Å². The molecule has 0 radical (unpaired) electrons. The van der Waals surface area contributed by atoms with E-state index in [1.807, 2.05) is 13.8 Å². The predicted molar refractivity (Wildman–Crippen MR) is 80.5 cm³/mol. The van der Waals surface area contributed by atoms with Gasteiger partial charge in [0.25, 0.3) is 15.0 Å². The summed E-state index contributed by atoms with van der Waals surface area (Å²) in [6, 6.07) is 4.37. The molecule has 0 unspecified atom stereocenters. The molecule has 1 aromatic rings. The molecule has 0 aliphatic rings. The van der Waals surface area contributed by atoms with Crippen LogP contribution in [0.1, 0.15) is 13.8 Å². The van der Waals surface area contributed by atoms with Crippen LogP contribution in [0.25, 0.3) is 0 Å². The van der Waals surface area contributed by atoms with Crippen LogP contribution in [0.2, 0.25) is 0 Å². The maximum Gasteiger partial charge on any atom is 0.265 e. The number of hydrogen-bond acceptors (Lipinski definition) is 4. The number of hydrogen-bond donors (Lipinski definition) is 1. The van der Waals surface area contributed by atoms with Gasteiger partial charge in [0.05, 0.1) is 0 Å². The highest BCUT2D eigenvalue weighted by Crippen LogP contribution is 2.29. The molecule has 0 aromatic heterocycles. The van der Waals surface area contributed by atoms with Crippen molar-refractivity contribution in [1.82, 2.24) is 5.32 Å². The Hall–Kier alpha value is -0.790. The number of amides is 1. The van der Waals surface area contributed by atoms with Crippen molar-refractivity contribution in [2.24, 2.45) is 5.92 Å². The minimum atomic E-state index is -3.94. The molecule has 112 valence electrons. The average Bonchev–Trinajstić information content (AvgIpc) is 2.33. The number of nitrogens with one attached hydrogen (secondary N) is 1. The van der Waals surface area contributed by atoms with Gasteiger partial charge in [-0.2, -0.15) is 0 Å². The van der Waals surface area contributed by atoms with Crippen molar-refractivity contribution < 1.29 is 17.9 Å². The highest BCUT2D eigenvalue weighted by molar-refractivity contribution is 9.10. The topological polar surface area (TPSA) is 72.5 Å². The van der Waals surface area contributed by atoms with Crippen LogP contribution in [-0.4, -0.2) is 27.5 Å². The molecule has 0 heterocycles. The fourth-order valence-corrected chi connectivity index (χ4v) is 2.81. The van der Waals surface area contributed by atoms with Crippen LogP contribution in [0, 0.1) is 5.92 Å². The van der Waals surface area contributed by atoms with Crippen molar-refractivity contribution in [3.8, 4) is 5.75 Å². The summed E-state index contributed by atoms with van der Waals surface area (Å²) in [4.78, 5) is 11.3. The average molecular weight is 385 g/mol. The fourth-order valence-electron chi connectivity index (χ4n) is 1.30. The second-order valence-electron chi connectivity index (χ2n) is 4.52. The van der Waals surface area contributed by atoms with Gasteiger partial charge >= 0.3 is 0 Å². The fraction of sp³-hybridized carbons (Fsp3) is 0.417. The Morgan fingerprint density at radius 2 is 2.10 bits per heavy atom. The first-order valence-corrected chi connectivity index (χ1v) is 8.94. The normalized spacial score (nSPS) is 11.4. The molecule has 1 amide bonds. The standard InChI is InChI=1S/C12H15BrClNO4S/c1-8(2)6-15-12(16)7-19-10-4-3-9(13)5-11(10)20(14,17)18/h3-5,8H,6-7H2,1-2H3,(H,15,16). The zero-order valence-corrected chi connectivity index (χ0v) is 14.2. The van der Waals surface area contributed by atoms with Gasteiger partial charge in [0.2, 0.25) is 0 Å². The molecule has 0 saturated carbocycles. The Labute approximate surface area is 131 Å². The summed E-state index contributed by atoms with van der Waals surface area (Å²) in [6.45, 7) is 4.19. The molecule has 1 aromatic carbocycles. The van der Waals surface area contributed by atoms with Gasteiger partial charge in [-0.15, -0.1) is 0 Å². The van der Waals surface area contributed by atoms with Gasteiger partial charge in [0.15, 0.2) is 6.61 Å². The number of rotatable bonds is 6. The van der Waals surface area contributed by atoms with E-state index < -0.39 is 9.05 Å². The zero-order valence-electron chi connectivity index (χ0n) is 11.0. The number of benzene rings is 1. The van der Waals surface area contributed by atoms with E-state index in [0.717, 1.165) is 0 Å². The van der Waals surface area contributed by atoms with Crippen LogP contribution in [0.15, 0.2) is 27.6 Å². The van der Waals surface area contributed by atoms with Crippen LogP contribution in [0.4, 0.5) is 0 Å². The van der Waals surface area contributed by atoms with Crippen molar-refractivity contribution in [1.29, 1.82) is 0 Å². The van der Waals surface area contributed by atoms with Crippen LogP contribution in [0.5, 0.6) is 5.75 Å². The summed E-state index contributed by atoms with van der Waals surface area (Å²) in [7, 11) is 1.38. The Morgan fingerprint density at radius 1 is 1.45 bits per heavy atom. The number of carbonyl (C=O) groups is 1. The maximum atomic E-state index is 11.5. The zero-order chi connectivity index (χ0) is 15.3. The summed E-state index contributed by atoms with van der Waals surface area (Å²) in [5.74, 6) is 0.0489. The van der Waals surface area contributed by atoms with Crippen LogP contribution in [0.3, 0.4) is 0 Å². The van der Waals surface area contributed by atoms with Crippen LogP contribution in [-0.2, 0) is 13.8 Å². The Morgan fingerprint density at radius 3 is 2.65 bits per heavy atom.